The lowest BCUT2D eigenvalue weighted by Gasteiger charge is -2.23. The van der Waals surface area contributed by atoms with Crippen LogP contribution in [0.15, 0.2) is 0 Å². The van der Waals surface area contributed by atoms with Gasteiger partial charge in [-0.05, 0) is 24.7 Å². The van der Waals surface area contributed by atoms with E-state index in [0.717, 1.165) is 5.92 Å². The van der Waals surface area contributed by atoms with Crippen molar-refractivity contribution in [3.8, 4) is 0 Å². The van der Waals surface area contributed by atoms with Crippen molar-refractivity contribution in [3.05, 3.63) is 0 Å². The molecule has 0 aromatic heterocycles. The summed E-state index contributed by atoms with van der Waals surface area (Å²) in [4.78, 5) is 10.0. The minimum absolute atomic E-state index is 0.661. The average Bonchev–Trinajstić information content (AvgIpc) is 1.95. The third-order valence-corrected chi connectivity index (χ3v) is 2.51. The molecular formula is C9H15O. The molecule has 0 aromatic carbocycles. The first-order chi connectivity index (χ1) is 4.83. The standard InChI is InChI=1S/C9H15O/c1-8-2-4-9(5-3-8)6-7-10/h8-9H,2-6H2,1H3. The highest BCUT2D eigenvalue weighted by molar-refractivity contribution is 5.50. The smallest absolute Gasteiger partial charge is 0.198 e. The summed E-state index contributed by atoms with van der Waals surface area (Å²) in [5.41, 5.74) is 0. The Kier molecular flexibility index (Phi) is 2.91. The number of carbonyl (C=O) groups excluding carboxylic acids is 1. The first-order valence-corrected chi connectivity index (χ1v) is 4.18. The highest BCUT2D eigenvalue weighted by Gasteiger charge is 2.17. The fourth-order valence-corrected chi connectivity index (χ4v) is 1.65. The molecule has 0 heterocycles. The topological polar surface area (TPSA) is 17.1 Å². The molecular weight excluding hydrogens is 124 g/mol. The van der Waals surface area contributed by atoms with Gasteiger partial charge in [0.1, 0.15) is 0 Å². The Balaban J connectivity index is 2.19. The van der Waals surface area contributed by atoms with Crippen LogP contribution in [0.4, 0.5) is 0 Å². The second kappa shape index (κ2) is 3.75. The van der Waals surface area contributed by atoms with Gasteiger partial charge in [0.05, 0.1) is 0 Å². The third kappa shape index (κ3) is 2.13. The second-order valence-corrected chi connectivity index (χ2v) is 3.47. The molecule has 10 heavy (non-hydrogen) atoms. The predicted molar refractivity (Wildman–Crippen MR) is 41.4 cm³/mol. The zero-order valence-electron chi connectivity index (χ0n) is 6.60. The lowest BCUT2D eigenvalue weighted by atomic mass is 9.82. The van der Waals surface area contributed by atoms with E-state index in [1.165, 1.54) is 25.7 Å². The molecule has 1 rings (SSSR count). The Morgan fingerprint density at radius 2 is 1.90 bits per heavy atom. The Morgan fingerprint density at radius 3 is 2.40 bits per heavy atom. The quantitative estimate of drug-likeness (QED) is 0.573. The van der Waals surface area contributed by atoms with E-state index in [1.54, 1.807) is 0 Å². The lowest BCUT2D eigenvalue weighted by Crippen LogP contribution is -2.12. The molecule has 0 amide bonds. The number of hydrogen-bond donors (Lipinski definition) is 0. The van der Waals surface area contributed by atoms with Crippen LogP contribution >= 0.6 is 0 Å². The van der Waals surface area contributed by atoms with Crippen LogP contribution in [0.1, 0.15) is 39.0 Å². The van der Waals surface area contributed by atoms with Crippen molar-refractivity contribution in [3.63, 3.8) is 0 Å². The van der Waals surface area contributed by atoms with Gasteiger partial charge in [-0.15, -0.1) is 0 Å². The molecule has 0 spiro atoms. The maximum Gasteiger partial charge on any atom is 0.198 e. The highest BCUT2D eigenvalue weighted by atomic mass is 16.1. The molecule has 0 N–H and O–H groups in total. The summed E-state index contributed by atoms with van der Waals surface area (Å²) in [6, 6.07) is 0. The molecule has 1 saturated carbocycles. The van der Waals surface area contributed by atoms with Crippen molar-refractivity contribution < 1.29 is 4.79 Å². The van der Waals surface area contributed by atoms with Crippen molar-refractivity contribution in [1.29, 1.82) is 0 Å². The summed E-state index contributed by atoms with van der Waals surface area (Å²) >= 11 is 0. The minimum Gasteiger partial charge on any atom is -0.291 e. The Labute approximate surface area is 62.8 Å². The molecule has 1 aliphatic carbocycles. The van der Waals surface area contributed by atoms with E-state index in [0.29, 0.717) is 12.3 Å². The van der Waals surface area contributed by atoms with Gasteiger partial charge in [-0.1, -0.05) is 19.8 Å². The van der Waals surface area contributed by atoms with Gasteiger partial charge in [-0.25, -0.2) is 0 Å². The summed E-state index contributed by atoms with van der Waals surface area (Å²) in [7, 11) is 0. The molecule has 0 unspecified atom stereocenters. The Hall–Kier alpha value is -0.330. The zero-order chi connectivity index (χ0) is 7.40. The molecule has 1 nitrogen and oxygen atoms in total. The normalized spacial score (nSPS) is 33.7. The summed E-state index contributed by atoms with van der Waals surface area (Å²) in [6.07, 6.45) is 7.79. The Bertz CT molecular complexity index is 101. The van der Waals surface area contributed by atoms with Gasteiger partial charge in [0.25, 0.3) is 0 Å². The molecule has 1 aliphatic rings. The molecule has 0 saturated heterocycles. The third-order valence-electron chi connectivity index (χ3n) is 2.51. The van der Waals surface area contributed by atoms with E-state index >= 15 is 0 Å². The van der Waals surface area contributed by atoms with E-state index in [4.69, 9.17) is 0 Å². The maximum absolute atomic E-state index is 10.0. The van der Waals surface area contributed by atoms with E-state index in [1.807, 2.05) is 6.29 Å². The van der Waals surface area contributed by atoms with Crippen molar-refractivity contribution in [2.24, 2.45) is 11.8 Å². The van der Waals surface area contributed by atoms with Crippen LogP contribution in [0.25, 0.3) is 0 Å². The maximum atomic E-state index is 10.0. The largest absolute Gasteiger partial charge is 0.291 e. The summed E-state index contributed by atoms with van der Waals surface area (Å²) < 4.78 is 0. The zero-order valence-corrected chi connectivity index (χ0v) is 6.60. The van der Waals surface area contributed by atoms with Crippen LogP contribution < -0.4 is 0 Å². The molecule has 1 fully saturated rings. The highest BCUT2D eigenvalue weighted by Crippen LogP contribution is 2.29. The average molecular weight is 139 g/mol. The van der Waals surface area contributed by atoms with Crippen molar-refractivity contribution >= 4 is 6.29 Å². The molecule has 1 heteroatoms. The van der Waals surface area contributed by atoms with Crippen molar-refractivity contribution in [1.82, 2.24) is 0 Å². The van der Waals surface area contributed by atoms with E-state index in [9.17, 15) is 4.79 Å². The van der Waals surface area contributed by atoms with Crippen molar-refractivity contribution in [2.45, 2.75) is 39.0 Å². The fourth-order valence-electron chi connectivity index (χ4n) is 1.65. The fraction of sp³-hybridized carbons (Fsp3) is 0.889. The molecule has 0 aliphatic heterocycles. The van der Waals surface area contributed by atoms with Crippen LogP contribution in [-0.4, -0.2) is 6.29 Å². The van der Waals surface area contributed by atoms with Gasteiger partial charge < -0.3 is 0 Å². The van der Waals surface area contributed by atoms with Crippen LogP contribution in [-0.2, 0) is 4.79 Å². The van der Waals surface area contributed by atoms with Gasteiger partial charge in [-0.3, -0.25) is 4.79 Å². The molecule has 57 valence electrons. The summed E-state index contributed by atoms with van der Waals surface area (Å²) in [6.45, 7) is 2.29. The number of rotatable bonds is 2. The van der Waals surface area contributed by atoms with E-state index < -0.39 is 0 Å². The van der Waals surface area contributed by atoms with Gasteiger partial charge in [0.15, 0.2) is 6.29 Å². The summed E-state index contributed by atoms with van der Waals surface area (Å²) in [5, 5.41) is 0. The van der Waals surface area contributed by atoms with Gasteiger partial charge in [-0.2, -0.15) is 0 Å². The van der Waals surface area contributed by atoms with Gasteiger partial charge >= 0.3 is 0 Å². The van der Waals surface area contributed by atoms with Crippen LogP contribution in [0.2, 0.25) is 0 Å². The number of hydrogen-bond acceptors (Lipinski definition) is 1. The molecule has 0 aromatic rings. The monoisotopic (exact) mass is 139 g/mol. The van der Waals surface area contributed by atoms with E-state index in [-0.39, 0.29) is 0 Å². The molecule has 0 atom stereocenters. The van der Waals surface area contributed by atoms with Gasteiger partial charge in [0, 0.05) is 6.42 Å². The SMILES string of the molecule is CC1CCC(C[C]=O)CC1. The lowest BCUT2D eigenvalue weighted by molar-refractivity contribution is 0.294. The molecule has 1 radical (unpaired) electrons. The summed E-state index contributed by atoms with van der Waals surface area (Å²) in [5.74, 6) is 1.55. The van der Waals surface area contributed by atoms with E-state index in [2.05, 4.69) is 6.92 Å². The first-order valence-electron chi connectivity index (χ1n) is 4.18. The van der Waals surface area contributed by atoms with Crippen molar-refractivity contribution in [2.75, 3.05) is 0 Å². The minimum atomic E-state index is 0.661. The van der Waals surface area contributed by atoms with Crippen LogP contribution in [0, 0.1) is 11.8 Å². The van der Waals surface area contributed by atoms with Gasteiger partial charge in [0.2, 0.25) is 0 Å². The first kappa shape index (κ1) is 7.77. The second-order valence-electron chi connectivity index (χ2n) is 3.47. The Morgan fingerprint density at radius 1 is 1.30 bits per heavy atom. The van der Waals surface area contributed by atoms with Crippen LogP contribution in [0.5, 0.6) is 0 Å². The predicted octanol–water partition coefficient (Wildman–Crippen LogP) is 2.31. The molecule has 0 bridgehead atoms. The van der Waals surface area contributed by atoms with Crippen LogP contribution in [0.3, 0.4) is 0 Å².